The van der Waals surface area contributed by atoms with Gasteiger partial charge in [-0.2, -0.15) is 114 Å². The first kappa shape index (κ1) is 39.7. The fourth-order valence-corrected chi connectivity index (χ4v) is 5.78. The van der Waals surface area contributed by atoms with E-state index in [4.69, 9.17) is 0 Å². The number of halogens is 18. The average molecular weight is 793 g/mol. The molecular weight excluding hydrogens is 774 g/mol. The first-order valence-electron chi connectivity index (χ1n) is 12.9. The number of hydrogen-bond acceptors (Lipinski definition) is 6. The van der Waals surface area contributed by atoms with Gasteiger partial charge in [0.25, 0.3) is 16.8 Å². The van der Waals surface area contributed by atoms with E-state index in [1.54, 1.807) is 0 Å². The van der Waals surface area contributed by atoms with E-state index >= 15 is 0 Å². The summed E-state index contributed by atoms with van der Waals surface area (Å²) in [6.07, 6.45) is -41.7. The highest BCUT2D eigenvalue weighted by Crippen LogP contribution is 2.61. The molecule has 24 heteroatoms. The molecule has 3 fully saturated rings. The molecule has 4 rings (SSSR count). The van der Waals surface area contributed by atoms with E-state index < -0.39 is 124 Å². The van der Waals surface area contributed by atoms with Gasteiger partial charge < -0.3 is 14.2 Å². The molecule has 3 aliphatic heterocycles. The van der Waals surface area contributed by atoms with Crippen LogP contribution in [0.5, 0.6) is 0 Å². The third-order valence-corrected chi connectivity index (χ3v) is 10.0. The molecule has 276 valence electrons. The Balaban J connectivity index is 2.20. The summed E-state index contributed by atoms with van der Waals surface area (Å²) in [6, 6.07) is -3.29. The molecule has 3 heterocycles. The van der Waals surface area contributed by atoms with Gasteiger partial charge in [-0.25, -0.2) is 0 Å². The minimum atomic E-state index is -6.95. The largest absolute Gasteiger partial charge is 0.430 e. The normalized spacial score (nSPS) is 23.0. The van der Waals surface area contributed by atoms with Crippen LogP contribution in [0.25, 0.3) is 0 Å². The van der Waals surface area contributed by atoms with Crippen molar-refractivity contribution in [1.29, 1.82) is 0 Å². The van der Waals surface area contributed by atoms with Gasteiger partial charge in [-0.05, 0) is 18.2 Å². The Hall–Kier alpha value is -1.11. The lowest BCUT2D eigenvalue weighted by Crippen LogP contribution is -2.60. The van der Waals surface area contributed by atoms with Gasteiger partial charge in [-0.1, -0.05) is 0 Å². The molecule has 1 aromatic rings. The molecule has 0 aromatic heterocycles. The van der Waals surface area contributed by atoms with E-state index in [0.29, 0.717) is 35.3 Å². The minimum absolute atomic E-state index is 0.145. The zero-order valence-corrected chi connectivity index (χ0v) is 25.4. The Kier molecular flexibility index (Phi) is 10.4. The summed E-state index contributed by atoms with van der Waals surface area (Å²) in [4.78, 5) is 0. The molecule has 0 spiro atoms. The zero-order valence-electron chi connectivity index (χ0n) is 23.0. The highest BCUT2D eigenvalue weighted by molar-refractivity contribution is 8.07. The van der Waals surface area contributed by atoms with Crippen molar-refractivity contribution >= 4 is 35.3 Å². The number of benzene rings is 1. The highest BCUT2D eigenvalue weighted by Gasteiger charge is 2.79. The molecule has 3 saturated heterocycles. The molecule has 0 aliphatic carbocycles. The number of hydrogen-bond donors (Lipinski definition) is 0. The SMILES string of the molecule is FC(F)(F)C(OCC1CS1)(c1cc(C(OCC2CS2)(C(F)(F)F)C(F)(F)F)cc(C(OCC2CS2)(C(F)(F)F)C(F)(F)F)c1)C(F)(F)F. The zero-order chi connectivity index (χ0) is 36.6. The molecule has 0 saturated carbocycles. The second-order valence-electron chi connectivity index (χ2n) is 10.6. The summed E-state index contributed by atoms with van der Waals surface area (Å²) in [5, 5.41) is -3.45. The summed E-state index contributed by atoms with van der Waals surface area (Å²) < 4.78 is 274. The van der Waals surface area contributed by atoms with Crippen molar-refractivity contribution < 1.29 is 93.2 Å². The maximum absolute atomic E-state index is 14.5. The third-order valence-electron chi connectivity index (χ3n) is 7.21. The van der Waals surface area contributed by atoms with Gasteiger partial charge in [0, 0.05) is 49.7 Å². The Morgan fingerprint density at radius 1 is 0.396 bits per heavy atom. The Morgan fingerprint density at radius 2 is 0.562 bits per heavy atom. The van der Waals surface area contributed by atoms with Crippen LogP contribution >= 0.6 is 35.3 Å². The summed E-state index contributed by atoms with van der Waals surface area (Å²) in [6.45, 7) is -4.70. The van der Waals surface area contributed by atoms with E-state index in [-0.39, 0.29) is 17.3 Å². The maximum atomic E-state index is 14.5. The van der Waals surface area contributed by atoms with Crippen molar-refractivity contribution in [2.75, 3.05) is 37.1 Å². The summed E-state index contributed by atoms with van der Waals surface area (Å²) in [7, 11) is 0. The smallest absolute Gasteiger partial charge is 0.353 e. The van der Waals surface area contributed by atoms with Crippen LogP contribution in [-0.2, 0) is 31.0 Å². The second-order valence-corrected chi connectivity index (χ2v) is 14.6. The quantitative estimate of drug-likeness (QED) is 0.155. The molecule has 0 amide bonds. The fourth-order valence-electron chi connectivity index (χ4n) is 4.59. The first-order chi connectivity index (χ1) is 21.6. The van der Waals surface area contributed by atoms with Crippen molar-refractivity contribution in [1.82, 2.24) is 0 Å². The van der Waals surface area contributed by atoms with Gasteiger partial charge in [-0.3, -0.25) is 0 Å². The number of thioether (sulfide) groups is 3. The second kappa shape index (κ2) is 12.5. The predicted molar refractivity (Wildman–Crippen MR) is 134 cm³/mol. The van der Waals surface area contributed by atoms with Crippen molar-refractivity contribution in [2.24, 2.45) is 0 Å². The van der Waals surface area contributed by atoms with E-state index in [1.165, 1.54) is 0 Å². The number of ether oxygens (including phenoxy) is 3. The van der Waals surface area contributed by atoms with Gasteiger partial charge in [0.2, 0.25) is 0 Å². The van der Waals surface area contributed by atoms with Gasteiger partial charge in [-0.15, -0.1) is 0 Å². The monoisotopic (exact) mass is 792 g/mol. The van der Waals surface area contributed by atoms with Crippen LogP contribution in [0.4, 0.5) is 79.0 Å². The maximum Gasteiger partial charge on any atom is 0.430 e. The Morgan fingerprint density at radius 3 is 0.688 bits per heavy atom. The van der Waals surface area contributed by atoms with Crippen LogP contribution in [0.2, 0.25) is 0 Å². The Labute approximate surface area is 270 Å². The van der Waals surface area contributed by atoms with Crippen LogP contribution < -0.4 is 0 Å². The van der Waals surface area contributed by atoms with E-state index in [2.05, 4.69) is 14.2 Å². The third kappa shape index (κ3) is 7.16. The lowest BCUT2D eigenvalue weighted by molar-refractivity contribution is -0.393. The van der Waals surface area contributed by atoms with Crippen LogP contribution in [0.3, 0.4) is 0 Å². The molecule has 0 radical (unpaired) electrons. The van der Waals surface area contributed by atoms with E-state index in [0.717, 1.165) is 0 Å². The lowest BCUT2D eigenvalue weighted by Gasteiger charge is -2.42. The highest BCUT2D eigenvalue weighted by atomic mass is 32.2. The van der Waals surface area contributed by atoms with Gasteiger partial charge in [0.05, 0.1) is 19.8 Å². The topological polar surface area (TPSA) is 27.7 Å². The van der Waals surface area contributed by atoms with Crippen LogP contribution in [0.15, 0.2) is 18.2 Å². The van der Waals surface area contributed by atoms with Gasteiger partial charge in [0.15, 0.2) is 0 Å². The molecular formula is C24H18F18O3S3. The van der Waals surface area contributed by atoms with Crippen molar-refractivity contribution in [3.63, 3.8) is 0 Å². The van der Waals surface area contributed by atoms with E-state index in [1.807, 2.05) is 0 Å². The summed E-state index contributed by atoms with van der Waals surface area (Å²) in [5.41, 5.74) is -27.1. The van der Waals surface area contributed by atoms with Crippen molar-refractivity contribution in [2.45, 2.75) is 69.6 Å². The molecule has 1 aromatic carbocycles. The standard InChI is InChI=1S/C24H18F18O3S3/c25-19(26,27)16(20(28,29)30,43-4-13-7-46-13)10-1-11(17(21(31,32)33,22(34,35)36)44-5-14-8-47-14)3-12(2-10)18(23(37,38)39,24(40,41)42)45-6-15-9-48-15/h1-3,13-15H,4-9H2. The summed E-state index contributed by atoms with van der Waals surface area (Å²) >= 11 is 2.06. The Bertz CT molecular complexity index is 1090. The predicted octanol–water partition coefficient (Wildman–Crippen LogP) is 9.04. The molecule has 0 N–H and O–H groups in total. The van der Waals surface area contributed by atoms with Gasteiger partial charge >= 0.3 is 37.1 Å². The number of rotatable bonds is 12. The first-order valence-corrected chi connectivity index (χ1v) is 16.0. The molecule has 3 unspecified atom stereocenters. The number of alkyl halides is 18. The molecule has 0 bridgehead atoms. The molecule has 3 nitrogen and oxygen atoms in total. The average Bonchev–Trinajstić information content (AvgIpc) is 3.72. The molecule has 48 heavy (non-hydrogen) atoms. The summed E-state index contributed by atoms with van der Waals surface area (Å²) in [5.74, 6) is -0.436. The van der Waals surface area contributed by atoms with Crippen LogP contribution in [0.1, 0.15) is 16.7 Å². The lowest BCUT2D eigenvalue weighted by atomic mass is 9.79. The fraction of sp³-hybridized carbons (Fsp3) is 0.750. The van der Waals surface area contributed by atoms with Gasteiger partial charge in [0.1, 0.15) is 0 Å². The van der Waals surface area contributed by atoms with E-state index in [9.17, 15) is 79.0 Å². The van der Waals surface area contributed by atoms with Crippen molar-refractivity contribution in [3.8, 4) is 0 Å². The molecule has 3 atom stereocenters. The van der Waals surface area contributed by atoms with Crippen LogP contribution in [0, 0.1) is 0 Å². The van der Waals surface area contributed by atoms with Crippen molar-refractivity contribution in [3.05, 3.63) is 34.9 Å². The van der Waals surface area contributed by atoms with Crippen LogP contribution in [-0.4, -0.2) is 89.9 Å². The molecule has 3 aliphatic rings. The minimum Gasteiger partial charge on any atom is -0.353 e.